The van der Waals surface area contributed by atoms with Gasteiger partial charge in [-0.1, -0.05) is 0 Å². The lowest BCUT2D eigenvalue weighted by Gasteiger charge is -2.35. The van der Waals surface area contributed by atoms with Crippen LogP contribution in [0.5, 0.6) is 5.75 Å². The van der Waals surface area contributed by atoms with Gasteiger partial charge in [0.15, 0.2) is 6.54 Å². The summed E-state index contributed by atoms with van der Waals surface area (Å²) in [4.78, 5) is 12.5. The SMILES string of the molecule is CCOc1cc(C)c(NC(=O)C[N+](CC)(CC)CC)c(C)c1. The fourth-order valence-electron chi connectivity index (χ4n) is 2.86. The molecule has 1 aromatic rings. The van der Waals surface area contributed by atoms with Gasteiger partial charge in [0, 0.05) is 5.69 Å². The molecule has 124 valence electrons. The number of nitrogens with one attached hydrogen (secondary N) is 1. The standard InChI is InChI=1S/C18H30N2O2/c1-7-20(8-2,9-3)13-17(21)19-18-14(5)11-16(22-10-4)12-15(18)6/h11-12H,7-10,13H2,1-6H3/p+1. The minimum atomic E-state index is 0.0842. The summed E-state index contributed by atoms with van der Waals surface area (Å²) in [5.74, 6) is 0.942. The van der Waals surface area contributed by atoms with E-state index < -0.39 is 0 Å². The number of carbonyl (C=O) groups is 1. The van der Waals surface area contributed by atoms with Gasteiger partial charge in [-0.15, -0.1) is 0 Å². The molecule has 1 N–H and O–H groups in total. The van der Waals surface area contributed by atoms with Crippen LogP contribution in [-0.4, -0.2) is 43.2 Å². The average Bonchev–Trinajstić information content (AvgIpc) is 2.49. The van der Waals surface area contributed by atoms with Crippen LogP contribution in [0.3, 0.4) is 0 Å². The molecule has 22 heavy (non-hydrogen) atoms. The molecule has 0 radical (unpaired) electrons. The summed E-state index contributed by atoms with van der Waals surface area (Å²) in [7, 11) is 0. The van der Waals surface area contributed by atoms with Gasteiger partial charge in [-0.05, 0) is 64.8 Å². The van der Waals surface area contributed by atoms with Crippen molar-refractivity contribution in [1.82, 2.24) is 0 Å². The fourth-order valence-corrected chi connectivity index (χ4v) is 2.86. The van der Waals surface area contributed by atoms with Gasteiger partial charge < -0.3 is 14.5 Å². The molecule has 4 heteroatoms. The Kier molecular flexibility index (Phi) is 6.88. The summed E-state index contributed by atoms with van der Waals surface area (Å²) in [6, 6.07) is 3.96. The molecule has 0 aromatic heterocycles. The lowest BCUT2D eigenvalue weighted by atomic mass is 10.1. The first-order chi connectivity index (χ1) is 10.4. The van der Waals surface area contributed by atoms with Crippen LogP contribution in [0.4, 0.5) is 5.69 Å². The first-order valence-corrected chi connectivity index (χ1v) is 8.30. The molecule has 0 saturated carbocycles. The van der Waals surface area contributed by atoms with Gasteiger partial charge in [0.2, 0.25) is 0 Å². The highest BCUT2D eigenvalue weighted by Gasteiger charge is 2.25. The number of likely N-dealkylation sites (N-methyl/N-ethyl adjacent to an activating group) is 1. The topological polar surface area (TPSA) is 38.3 Å². The Labute approximate surface area is 135 Å². The van der Waals surface area contributed by atoms with Gasteiger partial charge in [-0.25, -0.2) is 0 Å². The predicted molar refractivity (Wildman–Crippen MR) is 92.5 cm³/mol. The zero-order valence-electron chi connectivity index (χ0n) is 15.0. The molecular weight excluding hydrogens is 276 g/mol. The summed E-state index contributed by atoms with van der Waals surface area (Å²) in [6.07, 6.45) is 0. The van der Waals surface area contributed by atoms with E-state index in [0.29, 0.717) is 13.2 Å². The monoisotopic (exact) mass is 307 g/mol. The number of carbonyl (C=O) groups excluding carboxylic acids is 1. The number of anilines is 1. The van der Waals surface area contributed by atoms with Crippen molar-refractivity contribution in [3.8, 4) is 5.75 Å². The second-order valence-corrected chi connectivity index (χ2v) is 5.86. The highest BCUT2D eigenvalue weighted by molar-refractivity contribution is 5.93. The van der Waals surface area contributed by atoms with Crippen LogP contribution < -0.4 is 10.1 Å². The fraction of sp³-hybridized carbons (Fsp3) is 0.611. The van der Waals surface area contributed by atoms with Crippen molar-refractivity contribution < 1.29 is 14.0 Å². The molecule has 0 unspecified atom stereocenters. The second kappa shape index (κ2) is 8.18. The van der Waals surface area contributed by atoms with Crippen LogP contribution in [0.1, 0.15) is 38.8 Å². The van der Waals surface area contributed by atoms with Gasteiger partial charge in [-0.2, -0.15) is 0 Å². The van der Waals surface area contributed by atoms with E-state index in [1.807, 2.05) is 32.9 Å². The molecular formula is C18H31N2O2+. The molecule has 0 saturated heterocycles. The van der Waals surface area contributed by atoms with E-state index >= 15 is 0 Å². The van der Waals surface area contributed by atoms with Crippen molar-refractivity contribution >= 4 is 11.6 Å². The number of ether oxygens (including phenoxy) is 1. The van der Waals surface area contributed by atoms with Crippen molar-refractivity contribution in [3.63, 3.8) is 0 Å². The zero-order valence-corrected chi connectivity index (χ0v) is 15.0. The third-order valence-corrected chi connectivity index (χ3v) is 4.57. The number of nitrogens with zero attached hydrogens (tertiary/aromatic N) is 1. The summed E-state index contributed by atoms with van der Waals surface area (Å²) < 4.78 is 6.36. The number of rotatable bonds is 8. The highest BCUT2D eigenvalue weighted by Crippen LogP contribution is 2.26. The molecule has 0 bridgehead atoms. The number of amides is 1. The Morgan fingerprint density at radius 1 is 1.05 bits per heavy atom. The van der Waals surface area contributed by atoms with Gasteiger partial charge in [-0.3, -0.25) is 4.79 Å². The van der Waals surface area contributed by atoms with E-state index in [9.17, 15) is 4.79 Å². The van der Waals surface area contributed by atoms with E-state index in [4.69, 9.17) is 4.74 Å². The molecule has 0 atom stereocenters. The minimum absolute atomic E-state index is 0.0842. The van der Waals surface area contributed by atoms with Crippen LogP contribution in [0, 0.1) is 13.8 Å². The Morgan fingerprint density at radius 3 is 1.95 bits per heavy atom. The Morgan fingerprint density at radius 2 is 1.55 bits per heavy atom. The molecule has 0 spiro atoms. The highest BCUT2D eigenvalue weighted by atomic mass is 16.5. The lowest BCUT2D eigenvalue weighted by molar-refractivity contribution is -0.915. The largest absolute Gasteiger partial charge is 0.494 e. The van der Waals surface area contributed by atoms with Gasteiger partial charge >= 0.3 is 0 Å². The molecule has 0 aliphatic rings. The normalized spacial score (nSPS) is 11.4. The van der Waals surface area contributed by atoms with Gasteiger partial charge in [0.05, 0.1) is 26.2 Å². The van der Waals surface area contributed by atoms with E-state index in [2.05, 4.69) is 26.1 Å². The van der Waals surface area contributed by atoms with Crippen molar-refractivity contribution in [2.45, 2.75) is 41.5 Å². The molecule has 1 amide bonds. The van der Waals surface area contributed by atoms with Crippen LogP contribution in [-0.2, 0) is 4.79 Å². The molecule has 4 nitrogen and oxygen atoms in total. The summed E-state index contributed by atoms with van der Waals surface area (Å²) in [5.41, 5.74) is 2.99. The summed E-state index contributed by atoms with van der Waals surface area (Å²) in [6.45, 7) is 16.5. The number of aryl methyl sites for hydroxylation is 2. The number of quaternary nitrogens is 1. The van der Waals surface area contributed by atoms with E-state index in [-0.39, 0.29) is 5.91 Å². The van der Waals surface area contributed by atoms with E-state index in [0.717, 1.165) is 46.7 Å². The van der Waals surface area contributed by atoms with E-state index in [1.165, 1.54) is 0 Å². The molecule has 0 aliphatic heterocycles. The summed E-state index contributed by atoms with van der Waals surface area (Å²) >= 11 is 0. The smallest absolute Gasteiger partial charge is 0.279 e. The quantitative estimate of drug-likeness (QED) is 0.746. The Hall–Kier alpha value is -1.55. The van der Waals surface area contributed by atoms with Crippen LogP contribution in [0.2, 0.25) is 0 Å². The number of benzene rings is 1. The van der Waals surface area contributed by atoms with Gasteiger partial charge in [0.1, 0.15) is 5.75 Å². The lowest BCUT2D eigenvalue weighted by Crippen LogP contribution is -2.52. The van der Waals surface area contributed by atoms with Crippen LogP contribution in [0.25, 0.3) is 0 Å². The molecule has 0 heterocycles. The van der Waals surface area contributed by atoms with Crippen molar-refractivity contribution in [2.24, 2.45) is 0 Å². The number of hydrogen-bond acceptors (Lipinski definition) is 2. The minimum Gasteiger partial charge on any atom is -0.494 e. The van der Waals surface area contributed by atoms with Gasteiger partial charge in [0.25, 0.3) is 5.91 Å². The third-order valence-electron chi connectivity index (χ3n) is 4.57. The zero-order chi connectivity index (χ0) is 16.8. The van der Waals surface area contributed by atoms with Crippen molar-refractivity contribution in [3.05, 3.63) is 23.3 Å². The second-order valence-electron chi connectivity index (χ2n) is 5.86. The molecule has 1 aromatic carbocycles. The van der Waals surface area contributed by atoms with Crippen molar-refractivity contribution in [2.75, 3.05) is 38.1 Å². The van der Waals surface area contributed by atoms with Crippen molar-refractivity contribution in [1.29, 1.82) is 0 Å². The maximum atomic E-state index is 12.5. The first kappa shape index (κ1) is 18.5. The maximum absolute atomic E-state index is 12.5. The molecule has 0 fully saturated rings. The van der Waals surface area contributed by atoms with Crippen LogP contribution in [0.15, 0.2) is 12.1 Å². The first-order valence-electron chi connectivity index (χ1n) is 8.30. The predicted octanol–water partition coefficient (Wildman–Crippen LogP) is 3.52. The summed E-state index contributed by atoms with van der Waals surface area (Å²) in [5, 5.41) is 3.10. The molecule has 1 rings (SSSR count). The Bertz CT molecular complexity index is 477. The van der Waals surface area contributed by atoms with Crippen LogP contribution >= 0.6 is 0 Å². The number of hydrogen-bond donors (Lipinski definition) is 1. The Balaban J connectivity index is 2.88. The average molecular weight is 307 g/mol. The third kappa shape index (κ3) is 4.47. The maximum Gasteiger partial charge on any atom is 0.279 e. The molecule has 0 aliphatic carbocycles. The van der Waals surface area contributed by atoms with E-state index in [1.54, 1.807) is 0 Å².